The zero-order chi connectivity index (χ0) is 71.0. The molecule has 1 fully saturated rings. The third-order valence-corrected chi connectivity index (χ3v) is 18.2. The van der Waals surface area contributed by atoms with Crippen molar-refractivity contribution >= 4 is 76.4 Å². The predicted octanol–water partition coefficient (Wildman–Crippen LogP) is 9.21. The van der Waals surface area contributed by atoms with Crippen LogP contribution in [0.4, 0.5) is 0 Å². The molecule has 0 unspecified atom stereocenters. The van der Waals surface area contributed by atoms with Crippen molar-refractivity contribution in [2.24, 2.45) is 23.7 Å². The Balaban J connectivity index is 1.67. The van der Waals surface area contributed by atoms with E-state index in [4.69, 9.17) is 5.11 Å². The van der Waals surface area contributed by atoms with Crippen LogP contribution in [0, 0.1) is 23.7 Å². The van der Waals surface area contributed by atoms with Crippen LogP contribution in [-0.2, 0) is 68.7 Å². The number of carbonyl (C=O) groups excluding carboxylic acids is 9. The number of aliphatic carboxylic acids is 4. The molecule has 2 rings (SSSR count). The van der Waals surface area contributed by atoms with Crippen molar-refractivity contribution in [1.82, 2.24) is 31.9 Å². The van der Waals surface area contributed by atoms with E-state index in [0.29, 0.717) is 70.8 Å². The molecule has 0 spiro atoms. The molecule has 1 aliphatic rings. The average Bonchev–Trinajstić information content (AvgIpc) is 1.42. The van der Waals surface area contributed by atoms with Gasteiger partial charge in [-0.05, 0) is 114 Å². The summed E-state index contributed by atoms with van der Waals surface area (Å²) in [5.74, 6) is -10.5. The molecule has 6 atom stereocenters. The lowest BCUT2D eigenvalue weighted by Crippen LogP contribution is -2.50. The van der Waals surface area contributed by atoms with Gasteiger partial charge in [0.1, 0.15) is 29.1 Å². The maximum Gasteiger partial charge on any atom is 0.326 e. The third-order valence-electron chi connectivity index (χ3n) is 18.2. The zero-order valence-electron chi connectivity index (χ0n) is 57.7. The topological polar surface area (TPSA) is 395 Å². The van der Waals surface area contributed by atoms with E-state index in [0.717, 1.165) is 50.5 Å². The fourth-order valence-electron chi connectivity index (χ4n) is 12.2. The van der Waals surface area contributed by atoms with Crippen LogP contribution in [0.1, 0.15) is 264 Å². The highest BCUT2D eigenvalue weighted by Gasteiger charge is 2.32. The van der Waals surface area contributed by atoms with Crippen LogP contribution in [0.5, 0.6) is 5.75 Å². The molecule has 0 radical (unpaired) electrons. The van der Waals surface area contributed by atoms with Crippen LogP contribution in [0.15, 0.2) is 24.3 Å². The van der Waals surface area contributed by atoms with Crippen molar-refractivity contribution in [3.05, 3.63) is 29.8 Å². The molecule has 24 heteroatoms. The molecule has 0 aromatic heterocycles. The van der Waals surface area contributed by atoms with E-state index in [1.807, 2.05) is 6.92 Å². The van der Waals surface area contributed by atoms with Gasteiger partial charge in [-0.2, -0.15) is 0 Å². The van der Waals surface area contributed by atoms with Crippen LogP contribution >= 0.6 is 0 Å². The first-order valence-corrected chi connectivity index (χ1v) is 35.8. The first-order valence-electron chi connectivity index (χ1n) is 35.8. The number of phenolic OH excluding ortho intramolecular Hbond substituents is 1. The van der Waals surface area contributed by atoms with E-state index in [2.05, 4.69) is 31.9 Å². The highest BCUT2D eigenvalue weighted by atomic mass is 16.4. The summed E-state index contributed by atoms with van der Waals surface area (Å²) >= 11 is 0. The van der Waals surface area contributed by atoms with Crippen molar-refractivity contribution in [2.75, 3.05) is 26.2 Å². The van der Waals surface area contributed by atoms with Gasteiger partial charge in [-0.1, -0.05) is 129 Å². The van der Waals surface area contributed by atoms with Crippen LogP contribution in [0.2, 0.25) is 0 Å². The summed E-state index contributed by atoms with van der Waals surface area (Å²) in [4.78, 5) is 163. The minimum absolute atomic E-state index is 0.0192. The number of benzene rings is 1. The molecule has 1 aromatic carbocycles. The molecule has 24 nitrogen and oxygen atoms in total. The number of phenols is 1. The number of carbonyl (C=O) groups is 13. The number of rotatable bonds is 60. The third kappa shape index (κ3) is 40.6. The lowest BCUT2D eigenvalue weighted by Gasteiger charge is -2.28. The Morgan fingerprint density at radius 2 is 0.948 bits per heavy atom. The summed E-state index contributed by atoms with van der Waals surface area (Å²) in [7, 11) is 0. The Bertz CT molecular complexity index is 2550. The van der Waals surface area contributed by atoms with Gasteiger partial charge >= 0.3 is 23.9 Å². The van der Waals surface area contributed by atoms with E-state index in [1.54, 1.807) is 19.1 Å². The molecule has 0 heterocycles. The minimum Gasteiger partial charge on any atom is -0.508 e. The molecular weight excluding hydrogens is 1240 g/mol. The summed E-state index contributed by atoms with van der Waals surface area (Å²) in [6.07, 6.45) is 22.4. The standard InChI is InChI=1S/C72H116N6O18/c1-4-6-25-59(75-49-65(85)61(77-50(3)79)44-51-31-37-56(80)38-32-51)64(84)48-74-58(62(82)5-2)26-23-24-43-73-67(87)41-35-54(70(91)92)45-57(81)39-40-60(72(95)96)78-68(88)42-36-55(71(93)94)46-63(83)53-33-29-52(30-34-53)47-76-66(86)27-21-19-17-15-13-11-9-7-8-10-12-14-16-18-20-22-28-69(89)90/h31-32,37-38,52-55,58-61,74-75,80H,4-30,33-36,39-49H2,1-3H3,(H,73,87)(H,76,86)(H,77,79)(H,78,88)(H,89,90)(H,91,92)(H,93,94)(H,95,96)/t52?,53?,54-,55-,58+,59+,60+,61-/m1/s1. The van der Waals surface area contributed by atoms with Crippen molar-refractivity contribution in [2.45, 2.75) is 289 Å². The fourth-order valence-corrected chi connectivity index (χ4v) is 12.2. The maximum atomic E-state index is 13.5. The summed E-state index contributed by atoms with van der Waals surface area (Å²) in [6.45, 7) is 5.34. The van der Waals surface area contributed by atoms with E-state index in [-0.39, 0.29) is 118 Å². The van der Waals surface area contributed by atoms with Crippen LogP contribution < -0.4 is 31.9 Å². The molecular formula is C72H116N6O18. The van der Waals surface area contributed by atoms with Gasteiger partial charge in [0.2, 0.25) is 23.6 Å². The zero-order valence-corrected chi connectivity index (χ0v) is 57.7. The average molecular weight is 1350 g/mol. The van der Waals surface area contributed by atoms with E-state index < -0.39 is 103 Å². The normalized spacial score (nSPS) is 15.6. The van der Waals surface area contributed by atoms with Gasteiger partial charge in [-0.15, -0.1) is 0 Å². The Labute approximate surface area is 568 Å². The SMILES string of the molecule is CCCC[C@H](NCC(=O)[C@@H](Cc1ccc(O)cc1)NC(C)=O)C(=O)CN[C@@H](CCCCNC(=O)CC[C@H](CC(=O)CC[C@H](NC(=O)CC[C@H](CC(=O)C1CCC(CNC(=O)CCCCCCCCCCCCCCCCCCC(=O)O)CC1)C(=O)O)C(=O)O)C(=O)O)C(=O)CC. The Kier molecular flexibility index (Phi) is 45.5. The second kappa shape index (κ2) is 51.3. The quantitative estimate of drug-likeness (QED) is 0.0271. The first-order chi connectivity index (χ1) is 45.9. The number of aromatic hydroxyl groups is 1. The molecule has 1 aromatic rings. The number of amides is 4. The minimum atomic E-state index is -1.55. The van der Waals surface area contributed by atoms with E-state index in [1.165, 1.54) is 83.3 Å². The second-order valence-corrected chi connectivity index (χ2v) is 26.4. The van der Waals surface area contributed by atoms with Crippen LogP contribution in [0.3, 0.4) is 0 Å². The number of ketones is 5. The Morgan fingerprint density at radius 3 is 1.46 bits per heavy atom. The van der Waals surface area contributed by atoms with E-state index >= 15 is 0 Å². The Morgan fingerprint density at radius 1 is 0.458 bits per heavy atom. The van der Waals surface area contributed by atoms with Crippen molar-refractivity contribution in [1.29, 1.82) is 0 Å². The van der Waals surface area contributed by atoms with Gasteiger partial charge in [0.15, 0.2) is 11.6 Å². The van der Waals surface area contributed by atoms with Crippen molar-refractivity contribution in [3.8, 4) is 5.75 Å². The lowest BCUT2D eigenvalue weighted by atomic mass is 9.78. The molecule has 4 amide bonds. The molecule has 0 saturated heterocycles. The van der Waals surface area contributed by atoms with Crippen molar-refractivity contribution < 1.29 is 87.9 Å². The van der Waals surface area contributed by atoms with Gasteiger partial charge in [-0.25, -0.2) is 4.79 Å². The van der Waals surface area contributed by atoms with Crippen molar-refractivity contribution in [3.63, 3.8) is 0 Å². The van der Waals surface area contributed by atoms with Gasteiger partial charge in [0.05, 0.1) is 43.1 Å². The Hall–Kier alpha value is -6.95. The summed E-state index contributed by atoms with van der Waals surface area (Å²) in [5.41, 5.74) is 0.719. The highest BCUT2D eigenvalue weighted by molar-refractivity contribution is 5.92. The summed E-state index contributed by atoms with van der Waals surface area (Å²) in [5, 5.41) is 64.9. The van der Waals surface area contributed by atoms with E-state index in [9.17, 15) is 82.8 Å². The van der Waals surface area contributed by atoms with Gasteiger partial charge in [0, 0.05) is 77.3 Å². The molecule has 0 aliphatic heterocycles. The smallest absolute Gasteiger partial charge is 0.326 e. The van der Waals surface area contributed by atoms with Gasteiger partial charge < -0.3 is 57.4 Å². The number of nitrogens with one attached hydrogen (secondary N) is 6. The van der Waals surface area contributed by atoms with Gasteiger partial charge in [-0.3, -0.25) is 57.5 Å². The molecule has 1 saturated carbocycles. The number of carboxylic acids is 4. The molecule has 96 heavy (non-hydrogen) atoms. The summed E-state index contributed by atoms with van der Waals surface area (Å²) < 4.78 is 0. The molecule has 542 valence electrons. The maximum absolute atomic E-state index is 13.5. The predicted molar refractivity (Wildman–Crippen MR) is 363 cm³/mol. The highest BCUT2D eigenvalue weighted by Crippen LogP contribution is 2.31. The molecule has 0 bridgehead atoms. The van der Waals surface area contributed by atoms with Crippen LogP contribution in [0.25, 0.3) is 0 Å². The largest absolute Gasteiger partial charge is 0.508 e. The first kappa shape index (κ1) is 85.1. The fraction of sp³-hybridized carbons (Fsp3) is 0.736. The van der Waals surface area contributed by atoms with Gasteiger partial charge in [0.25, 0.3) is 0 Å². The summed E-state index contributed by atoms with van der Waals surface area (Å²) in [6, 6.07) is 2.48. The number of carboxylic acid groups (broad SMARTS) is 4. The number of hydrogen-bond donors (Lipinski definition) is 11. The molecule has 11 N–H and O–H groups in total. The number of unbranched alkanes of at least 4 members (excludes halogenated alkanes) is 17. The number of Topliss-reactive ketones (excluding diaryl/α,β-unsaturated/α-hetero) is 5. The monoisotopic (exact) mass is 1350 g/mol. The second-order valence-electron chi connectivity index (χ2n) is 26.4. The van der Waals surface area contributed by atoms with Crippen LogP contribution in [-0.4, -0.2) is 152 Å². The number of hydrogen-bond acceptors (Lipinski definition) is 16. The lowest BCUT2D eigenvalue weighted by molar-refractivity contribution is -0.145. The molecule has 1 aliphatic carbocycles.